The van der Waals surface area contributed by atoms with Gasteiger partial charge in [-0.15, -0.1) is 0 Å². The maximum Gasteiger partial charge on any atom is 0.0159 e. The number of hydrogen-bond acceptors (Lipinski definition) is 0. The summed E-state index contributed by atoms with van der Waals surface area (Å²) in [5.41, 5.74) is 13.1. The van der Waals surface area contributed by atoms with Crippen LogP contribution >= 0.6 is 0 Å². The first-order chi connectivity index (χ1) is 22.1. The van der Waals surface area contributed by atoms with Crippen LogP contribution in [0, 0.1) is 0 Å². The molecule has 9 rings (SSSR count). The van der Waals surface area contributed by atoms with E-state index < -0.39 is 0 Å². The number of fused-ring (bicyclic) bond motifs is 6. The third-order valence-electron chi connectivity index (χ3n) is 10.0. The van der Waals surface area contributed by atoms with E-state index in [2.05, 4.69) is 172 Å². The SMILES string of the molecule is CC1(C)c2ccccc2-c2ccc(-c3c4ccccc4c(-c4cc(-c5ccccc5)c5ccccc5c4)c4ccccc34)cc21. The molecular formula is C45H32. The van der Waals surface area contributed by atoms with Crippen LogP contribution in [0.1, 0.15) is 25.0 Å². The zero-order valence-electron chi connectivity index (χ0n) is 25.5. The second-order valence-corrected chi connectivity index (χ2v) is 12.9. The molecular weight excluding hydrogens is 540 g/mol. The van der Waals surface area contributed by atoms with E-state index in [-0.39, 0.29) is 5.41 Å². The van der Waals surface area contributed by atoms with Crippen molar-refractivity contribution in [1.82, 2.24) is 0 Å². The predicted octanol–water partition coefficient (Wildman–Crippen LogP) is 12.5. The Morgan fingerprint density at radius 3 is 1.56 bits per heavy atom. The number of hydrogen-bond donors (Lipinski definition) is 0. The van der Waals surface area contributed by atoms with Crippen molar-refractivity contribution in [2.75, 3.05) is 0 Å². The van der Waals surface area contributed by atoms with Crippen LogP contribution in [-0.4, -0.2) is 0 Å². The minimum Gasteiger partial charge on any atom is -0.0622 e. The van der Waals surface area contributed by atoms with Crippen molar-refractivity contribution >= 4 is 32.3 Å². The molecule has 0 heteroatoms. The second kappa shape index (κ2) is 9.78. The molecule has 0 spiro atoms. The highest BCUT2D eigenvalue weighted by atomic mass is 14.4. The summed E-state index contributed by atoms with van der Waals surface area (Å²) in [6, 6.07) is 58.4. The van der Waals surface area contributed by atoms with Crippen LogP contribution in [0.4, 0.5) is 0 Å². The van der Waals surface area contributed by atoms with Gasteiger partial charge in [-0.3, -0.25) is 0 Å². The molecule has 0 radical (unpaired) electrons. The maximum atomic E-state index is 2.47. The molecule has 0 bridgehead atoms. The Labute approximate surface area is 264 Å². The Morgan fingerprint density at radius 1 is 0.333 bits per heavy atom. The van der Waals surface area contributed by atoms with Crippen molar-refractivity contribution in [2.24, 2.45) is 0 Å². The van der Waals surface area contributed by atoms with Gasteiger partial charge in [0.05, 0.1) is 0 Å². The van der Waals surface area contributed by atoms with Gasteiger partial charge in [0, 0.05) is 5.41 Å². The van der Waals surface area contributed by atoms with Gasteiger partial charge in [0.2, 0.25) is 0 Å². The third-order valence-corrected chi connectivity index (χ3v) is 10.0. The van der Waals surface area contributed by atoms with E-state index >= 15 is 0 Å². The normalized spacial score (nSPS) is 13.3. The lowest BCUT2D eigenvalue weighted by Gasteiger charge is -2.23. The topological polar surface area (TPSA) is 0 Å². The van der Waals surface area contributed by atoms with E-state index in [0.29, 0.717) is 0 Å². The van der Waals surface area contributed by atoms with Crippen LogP contribution in [0.15, 0.2) is 158 Å². The molecule has 0 atom stereocenters. The van der Waals surface area contributed by atoms with Crippen LogP contribution < -0.4 is 0 Å². The molecule has 0 heterocycles. The highest BCUT2D eigenvalue weighted by Gasteiger charge is 2.35. The summed E-state index contributed by atoms with van der Waals surface area (Å²) in [6.07, 6.45) is 0. The summed E-state index contributed by atoms with van der Waals surface area (Å²) in [6.45, 7) is 4.73. The van der Waals surface area contributed by atoms with E-state index in [1.54, 1.807) is 0 Å². The average Bonchev–Trinajstić information content (AvgIpc) is 3.32. The fraction of sp³-hybridized carbons (Fsp3) is 0.0667. The van der Waals surface area contributed by atoms with Gasteiger partial charge in [0.15, 0.2) is 0 Å². The van der Waals surface area contributed by atoms with Crippen molar-refractivity contribution in [3.8, 4) is 44.5 Å². The molecule has 1 aliphatic rings. The summed E-state index contributed by atoms with van der Waals surface area (Å²) in [7, 11) is 0. The minimum atomic E-state index is -0.0492. The monoisotopic (exact) mass is 572 g/mol. The molecule has 1 aliphatic carbocycles. The quantitative estimate of drug-likeness (QED) is 0.185. The Balaban J connectivity index is 1.35. The fourth-order valence-corrected chi connectivity index (χ4v) is 7.92. The molecule has 0 aromatic heterocycles. The van der Waals surface area contributed by atoms with Gasteiger partial charge >= 0.3 is 0 Å². The first-order valence-corrected chi connectivity index (χ1v) is 15.9. The van der Waals surface area contributed by atoms with Gasteiger partial charge in [0.1, 0.15) is 0 Å². The lowest BCUT2D eigenvalue weighted by Crippen LogP contribution is -2.14. The molecule has 0 saturated carbocycles. The van der Waals surface area contributed by atoms with E-state index in [9.17, 15) is 0 Å². The van der Waals surface area contributed by atoms with Gasteiger partial charge in [0.25, 0.3) is 0 Å². The van der Waals surface area contributed by atoms with Crippen molar-refractivity contribution in [2.45, 2.75) is 19.3 Å². The molecule has 0 saturated heterocycles. The average molecular weight is 573 g/mol. The van der Waals surface area contributed by atoms with Gasteiger partial charge in [-0.1, -0.05) is 153 Å². The molecule has 8 aromatic carbocycles. The first kappa shape index (κ1) is 26.0. The Hall–Kier alpha value is -5.46. The highest BCUT2D eigenvalue weighted by Crippen LogP contribution is 2.51. The Morgan fingerprint density at radius 2 is 0.867 bits per heavy atom. The maximum absolute atomic E-state index is 2.47. The summed E-state index contributed by atoms with van der Waals surface area (Å²) < 4.78 is 0. The molecule has 0 fully saturated rings. The zero-order chi connectivity index (χ0) is 30.1. The molecule has 8 aromatic rings. The van der Waals surface area contributed by atoms with Crippen molar-refractivity contribution in [3.05, 3.63) is 169 Å². The predicted molar refractivity (Wildman–Crippen MR) is 193 cm³/mol. The van der Waals surface area contributed by atoms with Gasteiger partial charge < -0.3 is 0 Å². The van der Waals surface area contributed by atoms with Crippen molar-refractivity contribution in [1.29, 1.82) is 0 Å². The van der Waals surface area contributed by atoms with E-state index in [1.165, 1.54) is 88.0 Å². The standard InChI is InChI=1S/C45H32/c1-45(2)41-23-13-12-18-34(41)35-25-24-31(28-42(35)45)43-36-19-8-10-21-38(36)44(39-22-11-9-20-37(39)43)32-26-30-16-6-7-17-33(30)40(27-32)29-14-4-3-5-15-29/h3-28H,1-2H3. The summed E-state index contributed by atoms with van der Waals surface area (Å²) >= 11 is 0. The summed E-state index contributed by atoms with van der Waals surface area (Å²) in [4.78, 5) is 0. The van der Waals surface area contributed by atoms with Crippen LogP contribution in [0.2, 0.25) is 0 Å². The largest absolute Gasteiger partial charge is 0.0622 e. The van der Waals surface area contributed by atoms with Gasteiger partial charge in [-0.05, 0) is 106 Å². The lowest BCUT2D eigenvalue weighted by atomic mass is 9.80. The Kier molecular flexibility index (Phi) is 5.64. The van der Waals surface area contributed by atoms with Gasteiger partial charge in [-0.25, -0.2) is 0 Å². The zero-order valence-corrected chi connectivity index (χ0v) is 25.5. The van der Waals surface area contributed by atoms with Crippen molar-refractivity contribution in [3.63, 3.8) is 0 Å². The number of benzene rings is 8. The number of rotatable bonds is 3. The van der Waals surface area contributed by atoms with Crippen LogP contribution in [-0.2, 0) is 5.41 Å². The fourth-order valence-electron chi connectivity index (χ4n) is 7.92. The lowest BCUT2D eigenvalue weighted by molar-refractivity contribution is 0.660. The molecule has 0 N–H and O–H groups in total. The van der Waals surface area contributed by atoms with Crippen LogP contribution in [0.3, 0.4) is 0 Å². The molecule has 0 unspecified atom stereocenters. The summed E-state index contributed by atoms with van der Waals surface area (Å²) in [5, 5.41) is 7.67. The van der Waals surface area contributed by atoms with Crippen LogP contribution in [0.5, 0.6) is 0 Å². The first-order valence-electron chi connectivity index (χ1n) is 15.9. The molecule has 45 heavy (non-hydrogen) atoms. The smallest absolute Gasteiger partial charge is 0.0159 e. The third kappa shape index (κ3) is 3.85. The second-order valence-electron chi connectivity index (χ2n) is 12.9. The van der Waals surface area contributed by atoms with E-state index in [4.69, 9.17) is 0 Å². The Bertz CT molecular complexity index is 2390. The van der Waals surface area contributed by atoms with Gasteiger partial charge in [-0.2, -0.15) is 0 Å². The van der Waals surface area contributed by atoms with Crippen LogP contribution in [0.25, 0.3) is 76.8 Å². The van der Waals surface area contributed by atoms with E-state index in [0.717, 1.165) is 0 Å². The summed E-state index contributed by atoms with van der Waals surface area (Å²) in [5.74, 6) is 0. The highest BCUT2D eigenvalue weighted by molar-refractivity contribution is 6.22. The molecule has 0 aliphatic heterocycles. The minimum absolute atomic E-state index is 0.0492. The van der Waals surface area contributed by atoms with E-state index in [1.807, 2.05) is 0 Å². The van der Waals surface area contributed by atoms with Crippen molar-refractivity contribution < 1.29 is 0 Å². The molecule has 0 amide bonds. The molecule has 0 nitrogen and oxygen atoms in total. The molecule has 212 valence electrons.